The van der Waals surface area contributed by atoms with E-state index in [4.69, 9.17) is 4.52 Å². The summed E-state index contributed by atoms with van der Waals surface area (Å²) in [5, 5.41) is 3.82. The van der Waals surface area contributed by atoms with Crippen molar-refractivity contribution in [2.24, 2.45) is 0 Å². The number of benzene rings is 1. The van der Waals surface area contributed by atoms with Crippen LogP contribution >= 0.6 is 0 Å². The molecule has 3 heterocycles. The lowest BCUT2D eigenvalue weighted by molar-refractivity contribution is 0.0939. The van der Waals surface area contributed by atoms with Crippen molar-refractivity contribution in [1.82, 2.24) is 20.1 Å². The molecule has 0 fully saturated rings. The number of fused-ring (bicyclic) bond motifs is 1. The molecule has 114 valence electrons. The maximum atomic E-state index is 12.8. The Bertz CT molecular complexity index is 862. The third kappa shape index (κ3) is 2.26. The number of anilines is 1. The molecule has 4 rings (SSSR count). The number of hydrogen-bond donors (Lipinski definition) is 0. The fourth-order valence-corrected chi connectivity index (χ4v) is 2.81. The molecule has 1 aliphatic rings. The Morgan fingerprint density at radius 2 is 2.17 bits per heavy atom. The summed E-state index contributed by atoms with van der Waals surface area (Å²) in [5.41, 5.74) is 2.50. The van der Waals surface area contributed by atoms with Crippen LogP contribution in [0.5, 0.6) is 0 Å². The second-order valence-electron chi connectivity index (χ2n) is 5.37. The fraction of sp³-hybridized carbons (Fsp3) is 0.188. The van der Waals surface area contributed by atoms with Crippen molar-refractivity contribution in [1.29, 1.82) is 0 Å². The smallest absolute Gasteiger partial charge is 0.317 e. The van der Waals surface area contributed by atoms with Crippen LogP contribution < -0.4 is 4.90 Å². The summed E-state index contributed by atoms with van der Waals surface area (Å²) in [6.45, 7) is 2.00. The zero-order chi connectivity index (χ0) is 15.8. The number of carbonyl (C=O) groups excluding carboxylic acids is 1. The molecule has 7 heteroatoms. The van der Waals surface area contributed by atoms with Gasteiger partial charge in [0.15, 0.2) is 0 Å². The summed E-state index contributed by atoms with van der Waals surface area (Å²) in [4.78, 5) is 26.7. The van der Waals surface area contributed by atoms with Crippen molar-refractivity contribution < 1.29 is 9.32 Å². The minimum Gasteiger partial charge on any atom is -0.328 e. The lowest BCUT2D eigenvalue weighted by Crippen LogP contribution is -2.35. The molecule has 1 amide bonds. The minimum atomic E-state index is -0.301. The third-order valence-corrected chi connectivity index (χ3v) is 3.83. The molecule has 3 aromatic rings. The number of aromatic nitrogens is 4. The number of amides is 1. The number of carbonyl (C=O) groups is 1. The Morgan fingerprint density at radius 1 is 1.30 bits per heavy atom. The predicted octanol–water partition coefficient (Wildman–Crippen LogP) is 2.12. The first-order valence-corrected chi connectivity index (χ1v) is 7.25. The zero-order valence-electron chi connectivity index (χ0n) is 12.4. The Kier molecular flexibility index (Phi) is 3.11. The van der Waals surface area contributed by atoms with E-state index in [0.717, 1.165) is 17.7 Å². The Morgan fingerprint density at radius 3 is 3.00 bits per heavy atom. The van der Waals surface area contributed by atoms with Gasteiger partial charge in [0.25, 0.3) is 0 Å². The van der Waals surface area contributed by atoms with E-state index in [1.165, 1.54) is 12.4 Å². The first-order valence-electron chi connectivity index (χ1n) is 7.25. The van der Waals surface area contributed by atoms with E-state index in [9.17, 15) is 4.79 Å². The monoisotopic (exact) mass is 307 g/mol. The van der Waals surface area contributed by atoms with E-state index in [1.807, 2.05) is 31.2 Å². The summed E-state index contributed by atoms with van der Waals surface area (Å²) in [6, 6.07) is 7.88. The van der Waals surface area contributed by atoms with Gasteiger partial charge in [-0.15, -0.1) is 0 Å². The quantitative estimate of drug-likeness (QED) is 0.721. The summed E-state index contributed by atoms with van der Waals surface area (Å²) in [5.74, 6) is -0.0964. The van der Waals surface area contributed by atoms with Crippen molar-refractivity contribution in [2.45, 2.75) is 19.4 Å². The molecule has 0 N–H and O–H groups in total. The maximum absolute atomic E-state index is 12.8. The van der Waals surface area contributed by atoms with Crippen LogP contribution in [0.15, 0.2) is 47.4 Å². The highest BCUT2D eigenvalue weighted by Crippen LogP contribution is 2.32. The number of rotatable bonds is 2. The van der Waals surface area contributed by atoms with Gasteiger partial charge in [-0.2, -0.15) is 4.98 Å². The molecule has 0 bridgehead atoms. The zero-order valence-corrected chi connectivity index (χ0v) is 12.4. The molecule has 23 heavy (non-hydrogen) atoms. The lowest BCUT2D eigenvalue weighted by atomic mass is 10.1. The molecule has 1 atom stereocenters. The van der Waals surface area contributed by atoms with Gasteiger partial charge in [-0.05, 0) is 25.0 Å². The van der Waals surface area contributed by atoms with Gasteiger partial charge in [0.1, 0.15) is 5.69 Å². The van der Waals surface area contributed by atoms with Crippen LogP contribution in [0.25, 0.3) is 11.5 Å². The molecule has 2 aromatic heterocycles. The summed E-state index contributed by atoms with van der Waals surface area (Å²) in [6.07, 6.45) is 5.42. The molecule has 0 saturated heterocycles. The Labute approximate surface area is 132 Å². The van der Waals surface area contributed by atoms with Gasteiger partial charge in [-0.3, -0.25) is 9.78 Å². The number of para-hydroxylation sites is 1. The van der Waals surface area contributed by atoms with Crippen LogP contribution in [-0.4, -0.2) is 32.1 Å². The second kappa shape index (κ2) is 5.28. The average molecular weight is 307 g/mol. The van der Waals surface area contributed by atoms with Crippen LogP contribution in [0.2, 0.25) is 0 Å². The maximum Gasteiger partial charge on any atom is 0.317 e. The molecule has 1 aliphatic heterocycles. The molecule has 7 nitrogen and oxygen atoms in total. The van der Waals surface area contributed by atoms with Crippen LogP contribution in [0, 0.1) is 0 Å². The van der Waals surface area contributed by atoms with E-state index in [-0.39, 0.29) is 23.7 Å². The van der Waals surface area contributed by atoms with E-state index < -0.39 is 0 Å². The molecule has 0 saturated carbocycles. The van der Waals surface area contributed by atoms with Crippen molar-refractivity contribution in [3.63, 3.8) is 0 Å². The minimum absolute atomic E-state index is 0.0470. The summed E-state index contributed by atoms with van der Waals surface area (Å²) in [7, 11) is 0. The van der Waals surface area contributed by atoms with E-state index in [1.54, 1.807) is 11.1 Å². The fourth-order valence-electron chi connectivity index (χ4n) is 2.81. The predicted molar refractivity (Wildman–Crippen MR) is 81.7 cm³/mol. The van der Waals surface area contributed by atoms with E-state index >= 15 is 0 Å². The Balaban J connectivity index is 1.67. The van der Waals surface area contributed by atoms with Crippen molar-refractivity contribution in [2.75, 3.05) is 4.90 Å². The standard InChI is InChI=1S/C16H13N5O2/c1-10-8-11-4-2-3-5-13(11)21(10)16(22)15-19-14(20-23-15)12-9-17-6-7-18-12/h2-7,9-10H,8H2,1H3/t10-/m0/s1. The van der Waals surface area contributed by atoms with Crippen molar-refractivity contribution >= 4 is 11.6 Å². The topological polar surface area (TPSA) is 85.0 Å². The number of hydrogen-bond acceptors (Lipinski definition) is 6. The van der Waals surface area contributed by atoms with Gasteiger partial charge in [0.05, 0.1) is 6.20 Å². The van der Waals surface area contributed by atoms with Gasteiger partial charge in [0.2, 0.25) is 5.82 Å². The highest BCUT2D eigenvalue weighted by atomic mass is 16.5. The van der Waals surface area contributed by atoms with Crippen LogP contribution in [-0.2, 0) is 6.42 Å². The van der Waals surface area contributed by atoms with Gasteiger partial charge in [-0.1, -0.05) is 23.4 Å². The molecule has 0 radical (unpaired) electrons. The first-order chi connectivity index (χ1) is 11.2. The average Bonchev–Trinajstić information content (AvgIpc) is 3.19. The molecule has 0 unspecified atom stereocenters. The lowest BCUT2D eigenvalue weighted by Gasteiger charge is -2.20. The van der Waals surface area contributed by atoms with Gasteiger partial charge < -0.3 is 9.42 Å². The SMILES string of the molecule is C[C@H]1Cc2ccccc2N1C(=O)c1nc(-c2cnccn2)no1. The normalized spacial score (nSPS) is 16.4. The van der Waals surface area contributed by atoms with Crippen LogP contribution in [0.1, 0.15) is 23.2 Å². The highest BCUT2D eigenvalue weighted by molar-refractivity contribution is 6.05. The Hall–Kier alpha value is -3.09. The first kappa shape index (κ1) is 13.6. The van der Waals surface area contributed by atoms with E-state index in [2.05, 4.69) is 20.1 Å². The van der Waals surface area contributed by atoms with Crippen LogP contribution in [0.3, 0.4) is 0 Å². The molecule has 1 aromatic carbocycles. The summed E-state index contributed by atoms with van der Waals surface area (Å²) >= 11 is 0. The van der Waals surface area contributed by atoms with Gasteiger partial charge >= 0.3 is 11.8 Å². The third-order valence-electron chi connectivity index (χ3n) is 3.83. The molecule has 0 aliphatic carbocycles. The second-order valence-corrected chi connectivity index (χ2v) is 5.37. The van der Waals surface area contributed by atoms with E-state index in [0.29, 0.717) is 5.69 Å². The van der Waals surface area contributed by atoms with Gasteiger partial charge in [0, 0.05) is 24.1 Å². The number of nitrogens with zero attached hydrogens (tertiary/aromatic N) is 5. The summed E-state index contributed by atoms with van der Waals surface area (Å²) < 4.78 is 5.14. The van der Waals surface area contributed by atoms with Crippen LogP contribution in [0.4, 0.5) is 5.69 Å². The van der Waals surface area contributed by atoms with Gasteiger partial charge in [-0.25, -0.2) is 4.98 Å². The van der Waals surface area contributed by atoms with Crippen molar-refractivity contribution in [3.05, 3.63) is 54.3 Å². The van der Waals surface area contributed by atoms with Crippen molar-refractivity contribution in [3.8, 4) is 11.5 Å². The highest BCUT2D eigenvalue weighted by Gasteiger charge is 2.34. The molecular weight excluding hydrogens is 294 g/mol. The molecular formula is C16H13N5O2. The molecule has 0 spiro atoms. The largest absolute Gasteiger partial charge is 0.328 e.